The zero-order valence-corrected chi connectivity index (χ0v) is 16.2. The van der Waals surface area contributed by atoms with Crippen molar-refractivity contribution in [3.63, 3.8) is 0 Å². The first-order chi connectivity index (χ1) is 12.0. The summed E-state index contributed by atoms with van der Waals surface area (Å²) in [5.74, 6) is 1.64. The number of aryl methyl sites for hydroxylation is 1. The molecule has 1 amide bonds. The van der Waals surface area contributed by atoms with Crippen molar-refractivity contribution in [2.75, 3.05) is 25.0 Å². The van der Waals surface area contributed by atoms with E-state index in [2.05, 4.69) is 34.2 Å². The fourth-order valence-corrected chi connectivity index (χ4v) is 3.29. The van der Waals surface area contributed by atoms with Crippen LogP contribution in [0.3, 0.4) is 0 Å². The molecular weight excluding hydrogens is 332 g/mol. The van der Waals surface area contributed by atoms with E-state index in [-0.39, 0.29) is 5.91 Å². The fraction of sp³-hybridized carbons (Fsp3) is 0.421. The van der Waals surface area contributed by atoms with Crippen molar-refractivity contribution in [2.24, 2.45) is 0 Å². The molecule has 1 N–H and O–H groups in total. The molecule has 0 saturated carbocycles. The molecule has 134 valence electrons. The van der Waals surface area contributed by atoms with Crippen LogP contribution in [-0.2, 0) is 5.75 Å². The molecule has 0 aliphatic heterocycles. The van der Waals surface area contributed by atoms with Crippen LogP contribution in [0.4, 0.5) is 5.82 Å². The number of nitrogens with one attached hydrogen (secondary N) is 1. The van der Waals surface area contributed by atoms with Crippen molar-refractivity contribution in [1.82, 2.24) is 15.3 Å². The smallest absolute Gasteiger partial charge is 0.251 e. The van der Waals surface area contributed by atoms with Crippen molar-refractivity contribution in [3.05, 3.63) is 47.2 Å². The van der Waals surface area contributed by atoms with E-state index in [1.165, 1.54) is 0 Å². The lowest BCUT2D eigenvalue weighted by Gasteiger charge is -2.18. The first-order valence-electron chi connectivity index (χ1n) is 8.60. The van der Waals surface area contributed by atoms with Gasteiger partial charge in [0, 0.05) is 43.2 Å². The Morgan fingerprint density at radius 2 is 2.04 bits per heavy atom. The largest absolute Gasteiger partial charge is 0.360 e. The van der Waals surface area contributed by atoms with E-state index in [9.17, 15) is 4.79 Å². The summed E-state index contributed by atoms with van der Waals surface area (Å²) < 4.78 is 0. The highest BCUT2D eigenvalue weighted by molar-refractivity contribution is 7.98. The van der Waals surface area contributed by atoms with Crippen molar-refractivity contribution in [1.29, 1.82) is 0 Å². The molecule has 0 aliphatic rings. The van der Waals surface area contributed by atoms with Gasteiger partial charge in [-0.25, -0.2) is 9.97 Å². The van der Waals surface area contributed by atoms with Gasteiger partial charge < -0.3 is 10.2 Å². The van der Waals surface area contributed by atoms with Crippen LogP contribution < -0.4 is 10.2 Å². The number of nitrogens with zero attached hydrogens (tertiary/aromatic N) is 3. The van der Waals surface area contributed by atoms with Crippen LogP contribution in [-0.4, -0.2) is 36.0 Å². The lowest BCUT2D eigenvalue weighted by molar-refractivity contribution is 0.0955. The predicted octanol–water partition coefficient (Wildman–Crippen LogP) is 3.67. The number of benzene rings is 1. The van der Waals surface area contributed by atoms with Crippen LogP contribution in [0.25, 0.3) is 0 Å². The van der Waals surface area contributed by atoms with Gasteiger partial charge in [0.25, 0.3) is 5.91 Å². The van der Waals surface area contributed by atoms with Crippen LogP contribution in [0.2, 0.25) is 0 Å². The highest BCUT2D eigenvalue weighted by atomic mass is 32.2. The van der Waals surface area contributed by atoms with Gasteiger partial charge in [-0.15, -0.1) is 0 Å². The van der Waals surface area contributed by atoms with Gasteiger partial charge >= 0.3 is 0 Å². The van der Waals surface area contributed by atoms with Gasteiger partial charge in [-0.05, 0) is 38.0 Å². The van der Waals surface area contributed by atoms with E-state index in [0.29, 0.717) is 12.1 Å². The topological polar surface area (TPSA) is 58.1 Å². The van der Waals surface area contributed by atoms with E-state index in [1.807, 2.05) is 44.2 Å². The summed E-state index contributed by atoms with van der Waals surface area (Å²) in [7, 11) is 2.05. The summed E-state index contributed by atoms with van der Waals surface area (Å²) in [4.78, 5) is 23.3. The number of thioether (sulfide) groups is 1. The fourth-order valence-electron chi connectivity index (χ4n) is 2.45. The molecular formula is C19H26N4OS. The minimum Gasteiger partial charge on any atom is -0.360 e. The first-order valence-corrected chi connectivity index (χ1v) is 9.58. The molecule has 6 heteroatoms. The Kier molecular flexibility index (Phi) is 7.25. The molecule has 0 radical (unpaired) electrons. The summed E-state index contributed by atoms with van der Waals surface area (Å²) >= 11 is 1.59. The third-order valence-electron chi connectivity index (χ3n) is 3.66. The molecule has 1 heterocycles. The van der Waals surface area contributed by atoms with E-state index >= 15 is 0 Å². The molecule has 0 saturated heterocycles. The number of carbonyl (C=O) groups excluding carboxylic acids is 1. The molecule has 2 rings (SSSR count). The highest BCUT2D eigenvalue weighted by Gasteiger charge is 2.09. The van der Waals surface area contributed by atoms with Gasteiger partial charge in [0.15, 0.2) is 5.16 Å². The Morgan fingerprint density at radius 3 is 2.76 bits per heavy atom. The second-order valence-electron chi connectivity index (χ2n) is 5.92. The third-order valence-corrected chi connectivity index (χ3v) is 4.58. The lowest BCUT2D eigenvalue weighted by atomic mass is 10.1. The molecule has 0 aliphatic carbocycles. The molecule has 25 heavy (non-hydrogen) atoms. The summed E-state index contributed by atoms with van der Waals surface area (Å²) in [5, 5.41) is 3.59. The summed E-state index contributed by atoms with van der Waals surface area (Å²) in [6, 6.07) is 9.71. The third kappa shape index (κ3) is 5.74. The average Bonchev–Trinajstić information content (AvgIpc) is 2.60. The minimum atomic E-state index is -0.0374. The molecule has 0 fully saturated rings. The van der Waals surface area contributed by atoms with Crippen LogP contribution in [0.5, 0.6) is 0 Å². The van der Waals surface area contributed by atoms with Crippen molar-refractivity contribution >= 4 is 23.5 Å². The van der Waals surface area contributed by atoms with Gasteiger partial charge in [0.2, 0.25) is 0 Å². The maximum Gasteiger partial charge on any atom is 0.251 e. The molecule has 0 spiro atoms. The Morgan fingerprint density at radius 1 is 1.24 bits per heavy atom. The van der Waals surface area contributed by atoms with E-state index in [0.717, 1.165) is 41.0 Å². The minimum absolute atomic E-state index is 0.0374. The summed E-state index contributed by atoms with van der Waals surface area (Å²) in [6.07, 6.45) is 1.08. The van der Waals surface area contributed by atoms with E-state index < -0.39 is 0 Å². The number of hydrogen-bond acceptors (Lipinski definition) is 5. The Hall–Kier alpha value is -2.08. The van der Waals surface area contributed by atoms with E-state index in [4.69, 9.17) is 0 Å². The number of hydrogen-bond donors (Lipinski definition) is 1. The van der Waals surface area contributed by atoms with Gasteiger partial charge in [0.1, 0.15) is 5.82 Å². The Labute approximate surface area is 154 Å². The van der Waals surface area contributed by atoms with Gasteiger partial charge in [-0.1, -0.05) is 30.8 Å². The Balaban J connectivity index is 2.08. The maximum atomic E-state index is 11.9. The molecule has 5 nitrogen and oxygen atoms in total. The molecule has 1 aromatic heterocycles. The highest BCUT2D eigenvalue weighted by Crippen LogP contribution is 2.23. The number of anilines is 1. The van der Waals surface area contributed by atoms with Crippen LogP contribution >= 0.6 is 11.8 Å². The van der Waals surface area contributed by atoms with Crippen molar-refractivity contribution in [3.8, 4) is 0 Å². The monoisotopic (exact) mass is 358 g/mol. The Bertz CT molecular complexity index is 720. The quantitative estimate of drug-likeness (QED) is 0.576. The zero-order chi connectivity index (χ0) is 18.2. The summed E-state index contributed by atoms with van der Waals surface area (Å²) in [5.41, 5.74) is 2.74. The normalized spacial score (nSPS) is 10.6. The maximum absolute atomic E-state index is 11.9. The molecule has 0 bridgehead atoms. The molecule has 2 aromatic rings. The lowest BCUT2D eigenvalue weighted by Crippen LogP contribution is -2.22. The number of rotatable bonds is 8. The van der Waals surface area contributed by atoms with Crippen molar-refractivity contribution < 1.29 is 4.79 Å². The van der Waals surface area contributed by atoms with Gasteiger partial charge in [-0.3, -0.25) is 4.79 Å². The van der Waals surface area contributed by atoms with Gasteiger partial charge in [-0.2, -0.15) is 0 Å². The number of aromatic nitrogens is 2. The van der Waals surface area contributed by atoms with Crippen LogP contribution in [0.15, 0.2) is 35.5 Å². The summed E-state index contributed by atoms with van der Waals surface area (Å²) in [6.45, 7) is 7.66. The van der Waals surface area contributed by atoms with Crippen LogP contribution in [0.1, 0.15) is 41.9 Å². The zero-order valence-electron chi connectivity index (χ0n) is 15.4. The van der Waals surface area contributed by atoms with Gasteiger partial charge in [0.05, 0.1) is 0 Å². The van der Waals surface area contributed by atoms with E-state index in [1.54, 1.807) is 11.8 Å². The standard InChI is InChI=1S/C19H26N4OS/c1-5-10-23(4)17-11-14(3)21-19(22-17)25-13-15-8-7-9-16(12-15)18(24)20-6-2/h7-9,11-12H,5-6,10,13H2,1-4H3,(H,20,24). The predicted molar refractivity (Wildman–Crippen MR) is 104 cm³/mol. The number of carbonyl (C=O) groups is 1. The molecule has 1 aromatic carbocycles. The average molecular weight is 359 g/mol. The van der Waals surface area contributed by atoms with Crippen molar-refractivity contribution in [2.45, 2.75) is 38.1 Å². The van der Waals surface area contributed by atoms with Crippen LogP contribution in [0, 0.1) is 6.92 Å². The second-order valence-corrected chi connectivity index (χ2v) is 6.86. The SMILES string of the molecule is CCCN(C)c1cc(C)nc(SCc2cccc(C(=O)NCC)c2)n1. The molecule has 0 unspecified atom stereocenters. The second kappa shape index (κ2) is 9.42. The first kappa shape index (κ1) is 19.2. The number of amides is 1. The molecule has 0 atom stereocenters.